The van der Waals surface area contributed by atoms with Crippen molar-refractivity contribution < 1.29 is 9.13 Å². The summed E-state index contributed by atoms with van der Waals surface area (Å²) in [7, 11) is 0. The van der Waals surface area contributed by atoms with Gasteiger partial charge in [0.2, 0.25) is 4.80 Å². The van der Waals surface area contributed by atoms with Crippen LogP contribution in [0.5, 0.6) is 5.75 Å². The van der Waals surface area contributed by atoms with Gasteiger partial charge in [0.15, 0.2) is 0 Å². The van der Waals surface area contributed by atoms with Crippen molar-refractivity contribution in [1.82, 2.24) is 4.57 Å². The molecule has 2 aromatic carbocycles. The molecule has 1 aromatic heterocycles. The number of hydrogen-bond donors (Lipinski definition) is 0. The summed E-state index contributed by atoms with van der Waals surface area (Å²) >= 11 is 1.49. The fourth-order valence-electron chi connectivity index (χ4n) is 2.57. The molecule has 138 valence electrons. The summed E-state index contributed by atoms with van der Waals surface area (Å²) in [6, 6.07) is 14.2. The minimum absolute atomic E-state index is 0.297. The average Bonchev–Trinajstić information content (AvgIpc) is 3.06. The van der Waals surface area contributed by atoms with E-state index >= 15 is 0 Å². The predicted octanol–water partition coefficient (Wildman–Crippen LogP) is 4.88. The molecule has 27 heavy (non-hydrogen) atoms. The molecule has 0 aliphatic rings. The fourth-order valence-corrected chi connectivity index (χ4v) is 3.44. The van der Waals surface area contributed by atoms with Crippen LogP contribution in [0.25, 0.3) is 11.3 Å². The quantitative estimate of drug-likeness (QED) is 0.327. The molecule has 0 fully saturated rings. The van der Waals surface area contributed by atoms with Gasteiger partial charge in [-0.15, -0.1) is 23.0 Å². The molecule has 0 aliphatic carbocycles. The Morgan fingerprint density at radius 3 is 2.74 bits per heavy atom. The van der Waals surface area contributed by atoms with Crippen LogP contribution < -0.4 is 9.54 Å². The van der Waals surface area contributed by atoms with E-state index in [0.717, 1.165) is 21.8 Å². The van der Waals surface area contributed by atoms with Crippen molar-refractivity contribution in [3.8, 4) is 17.0 Å². The maximum Gasteiger partial charge on any atom is 0.211 e. The highest BCUT2D eigenvalue weighted by Gasteiger charge is 2.07. The fraction of sp³-hybridized carbons (Fsp3) is 0.143. The minimum atomic E-state index is -0.297. The Labute approximate surface area is 161 Å². The lowest BCUT2D eigenvalue weighted by molar-refractivity contribution is 0.340. The molecular formula is C21H20FN3OS. The first-order valence-corrected chi connectivity index (χ1v) is 9.44. The first kappa shape index (κ1) is 18.8. The molecule has 4 nitrogen and oxygen atoms in total. The molecule has 0 saturated heterocycles. The van der Waals surface area contributed by atoms with Gasteiger partial charge in [-0.3, -0.25) is 0 Å². The summed E-state index contributed by atoms with van der Waals surface area (Å²) < 4.78 is 20.8. The van der Waals surface area contributed by atoms with Crippen molar-refractivity contribution in [3.05, 3.63) is 82.7 Å². The number of nitrogens with zero attached hydrogens (tertiary/aromatic N) is 3. The SMILES string of the molecule is C=CCn1c(-c2ccc(OCC)cc2)csc1=NN=Cc1cccc(F)c1. The van der Waals surface area contributed by atoms with E-state index in [1.54, 1.807) is 12.1 Å². The zero-order chi connectivity index (χ0) is 19.1. The summed E-state index contributed by atoms with van der Waals surface area (Å²) in [5.74, 6) is 0.547. The second-order valence-electron chi connectivity index (χ2n) is 5.66. The Hall–Kier alpha value is -2.99. The molecule has 0 aliphatic heterocycles. The summed E-state index contributed by atoms with van der Waals surface area (Å²) in [5.41, 5.74) is 2.76. The molecule has 0 unspecified atom stereocenters. The summed E-state index contributed by atoms with van der Waals surface area (Å²) in [6.45, 7) is 7.04. The van der Waals surface area contributed by atoms with E-state index in [9.17, 15) is 4.39 Å². The van der Waals surface area contributed by atoms with Crippen molar-refractivity contribution in [1.29, 1.82) is 0 Å². The Balaban J connectivity index is 1.91. The third-order valence-corrected chi connectivity index (χ3v) is 4.62. The van der Waals surface area contributed by atoms with Crippen molar-refractivity contribution in [2.75, 3.05) is 6.61 Å². The molecular weight excluding hydrogens is 361 g/mol. The highest BCUT2D eigenvalue weighted by Crippen LogP contribution is 2.23. The van der Waals surface area contributed by atoms with Gasteiger partial charge in [-0.1, -0.05) is 18.2 Å². The first-order chi connectivity index (χ1) is 13.2. The molecule has 0 radical (unpaired) electrons. The number of thiazole rings is 1. The predicted molar refractivity (Wildman–Crippen MR) is 109 cm³/mol. The van der Waals surface area contributed by atoms with Gasteiger partial charge in [0.25, 0.3) is 0 Å². The van der Waals surface area contributed by atoms with E-state index in [4.69, 9.17) is 4.74 Å². The standard InChI is InChI=1S/C21H20FN3OS/c1-3-12-25-20(17-8-10-19(11-9-17)26-4-2)15-27-21(25)24-23-14-16-6-5-7-18(22)13-16/h3,5-11,13-15H,1,4,12H2,2H3. The van der Waals surface area contributed by atoms with Crippen LogP contribution >= 0.6 is 11.3 Å². The van der Waals surface area contributed by atoms with E-state index in [0.29, 0.717) is 18.7 Å². The zero-order valence-corrected chi connectivity index (χ0v) is 15.8. The third-order valence-electron chi connectivity index (χ3n) is 3.77. The zero-order valence-electron chi connectivity index (χ0n) is 15.0. The molecule has 0 amide bonds. The van der Waals surface area contributed by atoms with Crippen LogP contribution in [0.2, 0.25) is 0 Å². The van der Waals surface area contributed by atoms with Gasteiger partial charge in [0.1, 0.15) is 11.6 Å². The number of ether oxygens (including phenoxy) is 1. The Kier molecular flexibility index (Phi) is 6.33. The number of allylic oxidation sites excluding steroid dienone is 1. The van der Waals surface area contributed by atoms with Gasteiger partial charge in [0.05, 0.1) is 18.5 Å². The summed E-state index contributed by atoms with van der Waals surface area (Å²) in [6.07, 6.45) is 3.36. The second kappa shape index (κ2) is 9.09. The van der Waals surface area contributed by atoms with Gasteiger partial charge >= 0.3 is 0 Å². The van der Waals surface area contributed by atoms with Crippen LogP contribution in [-0.4, -0.2) is 17.4 Å². The van der Waals surface area contributed by atoms with E-state index in [2.05, 4.69) is 16.8 Å². The maximum absolute atomic E-state index is 13.2. The molecule has 0 N–H and O–H groups in total. The summed E-state index contributed by atoms with van der Waals surface area (Å²) in [4.78, 5) is 0.742. The lowest BCUT2D eigenvalue weighted by Crippen LogP contribution is -2.14. The molecule has 3 rings (SSSR count). The average molecular weight is 381 g/mol. The minimum Gasteiger partial charge on any atom is -0.494 e. The largest absolute Gasteiger partial charge is 0.494 e. The highest BCUT2D eigenvalue weighted by atomic mass is 32.1. The second-order valence-corrected chi connectivity index (χ2v) is 6.50. The third kappa shape index (κ3) is 4.80. The van der Waals surface area contributed by atoms with Crippen LogP contribution in [0.15, 0.2) is 76.8 Å². The lowest BCUT2D eigenvalue weighted by Gasteiger charge is -2.07. The van der Waals surface area contributed by atoms with Crippen LogP contribution in [0, 0.1) is 5.82 Å². The van der Waals surface area contributed by atoms with Crippen molar-refractivity contribution in [2.24, 2.45) is 10.2 Å². The maximum atomic E-state index is 13.2. The number of hydrogen-bond acceptors (Lipinski definition) is 4. The van der Waals surface area contributed by atoms with Gasteiger partial charge < -0.3 is 9.30 Å². The smallest absolute Gasteiger partial charge is 0.211 e. The van der Waals surface area contributed by atoms with Crippen LogP contribution in [-0.2, 0) is 6.54 Å². The van der Waals surface area contributed by atoms with Gasteiger partial charge in [-0.2, -0.15) is 5.10 Å². The van der Waals surface area contributed by atoms with Crippen LogP contribution in [0.1, 0.15) is 12.5 Å². The molecule has 0 spiro atoms. The highest BCUT2D eigenvalue weighted by molar-refractivity contribution is 7.07. The van der Waals surface area contributed by atoms with Crippen molar-refractivity contribution in [2.45, 2.75) is 13.5 Å². The number of halogens is 1. The molecule has 0 bridgehead atoms. The molecule has 6 heteroatoms. The topological polar surface area (TPSA) is 38.9 Å². The molecule has 0 saturated carbocycles. The van der Waals surface area contributed by atoms with Crippen molar-refractivity contribution in [3.63, 3.8) is 0 Å². The van der Waals surface area contributed by atoms with Crippen LogP contribution in [0.3, 0.4) is 0 Å². The summed E-state index contributed by atoms with van der Waals surface area (Å²) in [5, 5.41) is 10.4. The first-order valence-electron chi connectivity index (χ1n) is 8.56. The molecule has 1 heterocycles. The van der Waals surface area contributed by atoms with E-state index in [1.165, 1.54) is 29.7 Å². The van der Waals surface area contributed by atoms with Crippen molar-refractivity contribution >= 4 is 17.6 Å². The number of benzene rings is 2. The lowest BCUT2D eigenvalue weighted by atomic mass is 10.1. The Morgan fingerprint density at radius 2 is 2.04 bits per heavy atom. The molecule has 0 atom stereocenters. The number of aromatic nitrogens is 1. The number of rotatable bonds is 7. The van der Waals surface area contributed by atoms with E-state index in [-0.39, 0.29) is 5.82 Å². The van der Waals surface area contributed by atoms with Gasteiger partial charge in [-0.25, -0.2) is 4.39 Å². The van der Waals surface area contributed by atoms with Gasteiger partial charge in [0, 0.05) is 11.9 Å². The van der Waals surface area contributed by atoms with Gasteiger partial charge in [-0.05, 0) is 54.4 Å². The molecule has 3 aromatic rings. The monoisotopic (exact) mass is 381 g/mol. The normalized spacial score (nSPS) is 11.9. The Morgan fingerprint density at radius 1 is 1.22 bits per heavy atom. The Bertz CT molecular complexity index is 1000. The van der Waals surface area contributed by atoms with E-state index in [1.807, 2.05) is 47.2 Å². The van der Waals surface area contributed by atoms with E-state index < -0.39 is 0 Å². The van der Waals surface area contributed by atoms with Crippen LogP contribution in [0.4, 0.5) is 4.39 Å².